The SMILES string of the molecule is O=C(NCc1ccccc1OCc1ccccc1)NCC1(CO)CC1. The Kier molecular flexibility index (Phi) is 5.56. The van der Waals surface area contributed by atoms with E-state index in [1.165, 1.54) is 0 Å². The van der Waals surface area contributed by atoms with Crippen molar-refractivity contribution in [3.63, 3.8) is 0 Å². The van der Waals surface area contributed by atoms with Crippen LogP contribution in [0.15, 0.2) is 54.6 Å². The van der Waals surface area contributed by atoms with Crippen LogP contribution in [0.5, 0.6) is 5.75 Å². The summed E-state index contributed by atoms with van der Waals surface area (Å²) in [5.41, 5.74) is 1.94. The Bertz CT molecular complexity index is 699. The third-order valence-corrected chi connectivity index (χ3v) is 4.57. The highest BCUT2D eigenvalue weighted by atomic mass is 16.5. The second kappa shape index (κ2) is 8.03. The first-order valence-corrected chi connectivity index (χ1v) is 8.58. The van der Waals surface area contributed by atoms with Crippen LogP contribution >= 0.6 is 0 Å². The number of carbonyl (C=O) groups is 1. The third kappa shape index (κ3) is 4.97. The quantitative estimate of drug-likeness (QED) is 0.692. The van der Waals surface area contributed by atoms with Crippen molar-refractivity contribution in [2.24, 2.45) is 5.41 Å². The monoisotopic (exact) mass is 340 g/mol. The Labute approximate surface area is 148 Å². The Morgan fingerprint density at radius 1 is 1.04 bits per heavy atom. The molecule has 0 atom stereocenters. The molecule has 0 heterocycles. The van der Waals surface area contributed by atoms with E-state index in [4.69, 9.17) is 4.74 Å². The van der Waals surface area contributed by atoms with Crippen LogP contribution in [0.4, 0.5) is 4.79 Å². The van der Waals surface area contributed by atoms with E-state index in [9.17, 15) is 9.90 Å². The van der Waals surface area contributed by atoms with Crippen molar-refractivity contribution in [2.75, 3.05) is 13.2 Å². The van der Waals surface area contributed by atoms with E-state index in [0.717, 1.165) is 29.7 Å². The number of benzene rings is 2. The summed E-state index contributed by atoms with van der Waals surface area (Å²) in [4.78, 5) is 12.0. The second-order valence-electron chi connectivity index (χ2n) is 6.58. The molecule has 0 bridgehead atoms. The average molecular weight is 340 g/mol. The predicted octanol–water partition coefficient (Wildman–Crippen LogP) is 2.84. The van der Waals surface area contributed by atoms with E-state index in [-0.39, 0.29) is 18.1 Å². The largest absolute Gasteiger partial charge is 0.489 e. The highest BCUT2D eigenvalue weighted by Crippen LogP contribution is 2.44. The van der Waals surface area contributed by atoms with Crippen molar-refractivity contribution in [1.29, 1.82) is 0 Å². The lowest BCUT2D eigenvalue weighted by atomic mass is 10.1. The van der Waals surface area contributed by atoms with Gasteiger partial charge in [0.1, 0.15) is 12.4 Å². The van der Waals surface area contributed by atoms with Gasteiger partial charge in [-0.2, -0.15) is 0 Å². The van der Waals surface area contributed by atoms with Crippen LogP contribution in [-0.2, 0) is 13.2 Å². The van der Waals surface area contributed by atoms with Crippen molar-refractivity contribution in [3.05, 3.63) is 65.7 Å². The van der Waals surface area contributed by atoms with Gasteiger partial charge in [-0.25, -0.2) is 4.79 Å². The topological polar surface area (TPSA) is 70.6 Å². The standard InChI is InChI=1S/C20H24N2O3/c23-15-20(10-11-20)14-22-19(24)21-12-17-8-4-5-9-18(17)25-13-16-6-2-1-3-7-16/h1-9,23H,10-15H2,(H2,21,22,24). The van der Waals surface area contributed by atoms with Gasteiger partial charge in [0, 0.05) is 24.1 Å². The minimum absolute atomic E-state index is 0.0892. The summed E-state index contributed by atoms with van der Waals surface area (Å²) < 4.78 is 5.89. The summed E-state index contributed by atoms with van der Waals surface area (Å²) in [5.74, 6) is 0.765. The van der Waals surface area contributed by atoms with Crippen molar-refractivity contribution in [2.45, 2.75) is 26.0 Å². The fourth-order valence-corrected chi connectivity index (χ4v) is 2.60. The molecule has 5 nitrogen and oxygen atoms in total. The molecule has 0 radical (unpaired) electrons. The maximum absolute atomic E-state index is 12.0. The summed E-state index contributed by atoms with van der Waals surface area (Å²) in [6.45, 7) is 1.52. The summed E-state index contributed by atoms with van der Waals surface area (Å²) in [7, 11) is 0. The first-order chi connectivity index (χ1) is 12.2. The van der Waals surface area contributed by atoms with Gasteiger partial charge in [0.15, 0.2) is 0 Å². The molecule has 3 rings (SSSR count). The van der Waals surface area contributed by atoms with E-state index in [2.05, 4.69) is 10.6 Å². The summed E-state index contributed by atoms with van der Waals surface area (Å²) in [6.07, 6.45) is 1.94. The molecule has 2 aromatic rings. The molecule has 25 heavy (non-hydrogen) atoms. The van der Waals surface area contributed by atoms with Crippen LogP contribution in [-0.4, -0.2) is 24.3 Å². The number of para-hydroxylation sites is 1. The van der Waals surface area contributed by atoms with Gasteiger partial charge in [-0.1, -0.05) is 48.5 Å². The van der Waals surface area contributed by atoms with Gasteiger partial charge in [-0.3, -0.25) is 0 Å². The van der Waals surface area contributed by atoms with E-state index in [0.29, 0.717) is 19.7 Å². The Morgan fingerprint density at radius 3 is 2.48 bits per heavy atom. The zero-order chi connectivity index (χ0) is 17.5. The van der Waals surface area contributed by atoms with E-state index >= 15 is 0 Å². The number of carbonyl (C=O) groups excluding carboxylic acids is 1. The number of aliphatic hydroxyl groups excluding tert-OH is 1. The first-order valence-electron chi connectivity index (χ1n) is 8.58. The van der Waals surface area contributed by atoms with E-state index < -0.39 is 0 Å². The first kappa shape index (κ1) is 17.3. The van der Waals surface area contributed by atoms with Crippen LogP contribution in [0, 0.1) is 5.41 Å². The van der Waals surface area contributed by atoms with Gasteiger partial charge in [0.05, 0.1) is 6.61 Å². The third-order valence-electron chi connectivity index (χ3n) is 4.57. The van der Waals surface area contributed by atoms with Crippen LogP contribution in [0.1, 0.15) is 24.0 Å². The van der Waals surface area contributed by atoms with E-state index in [1.54, 1.807) is 0 Å². The molecule has 5 heteroatoms. The number of aliphatic hydroxyl groups is 1. The number of nitrogens with one attached hydrogen (secondary N) is 2. The average Bonchev–Trinajstić information content (AvgIpc) is 3.45. The number of ether oxygens (including phenoxy) is 1. The molecule has 1 aliphatic rings. The molecule has 3 N–H and O–H groups in total. The van der Waals surface area contributed by atoms with Crippen LogP contribution < -0.4 is 15.4 Å². The number of urea groups is 1. The predicted molar refractivity (Wildman–Crippen MR) is 96.2 cm³/mol. The highest BCUT2D eigenvalue weighted by molar-refractivity contribution is 5.74. The molecule has 1 fully saturated rings. The van der Waals surface area contributed by atoms with Gasteiger partial charge in [0.25, 0.3) is 0 Å². The van der Waals surface area contributed by atoms with Gasteiger partial charge in [-0.15, -0.1) is 0 Å². The fraction of sp³-hybridized carbons (Fsp3) is 0.350. The molecular formula is C20H24N2O3. The molecule has 1 aliphatic carbocycles. The molecule has 2 aromatic carbocycles. The van der Waals surface area contributed by atoms with Crippen LogP contribution in [0.25, 0.3) is 0 Å². The highest BCUT2D eigenvalue weighted by Gasteiger charge is 2.42. The Balaban J connectivity index is 1.49. The fourth-order valence-electron chi connectivity index (χ4n) is 2.60. The lowest BCUT2D eigenvalue weighted by molar-refractivity contribution is 0.203. The second-order valence-corrected chi connectivity index (χ2v) is 6.58. The zero-order valence-corrected chi connectivity index (χ0v) is 14.2. The lowest BCUT2D eigenvalue weighted by Gasteiger charge is -2.15. The molecular weight excluding hydrogens is 316 g/mol. The van der Waals surface area contributed by atoms with Crippen LogP contribution in [0.3, 0.4) is 0 Å². The molecule has 0 aromatic heterocycles. The van der Waals surface area contributed by atoms with Gasteiger partial charge >= 0.3 is 6.03 Å². The summed E-state index contributed by atoms with van der Waals surface area (Å²) in [5, 5.41) is 15.0. The Morgan fingerprint density at radius 2 is 1.76 bits per heavy atom. The number of amides is 2. The summed E-state index contributed by atoms with van der Waals surface area (Å²) >= 11 is 0. The van der Waals surface area contributed by atoms with Crippen molar-refractivity contribution >= 4 is 6.03 Å². The van der Waals surface area contributed by atoms with Crippen molar-refractivity contribution in [1.82, 2.24) is 10.6 Å². The molecule has 2 amide bonds. The Hall–Kier alpha value is -2.53. The minimum atomic E-state index is -0.224. The van der Waals surface area contributed by atoms with Gasteiger partial charge < -0.3 is 20.5 Å². The molecule has 0 aliphatic heterocycles. The van der Waals surface area contributed by atoms with Crippen molar-refractivity contribution < 1.29 is 14.6 Å². The maximum Gasteiger partial charge on any atom is 0.315 e. The lowest BCUT2D eigenvalue weighted by Crippen LogP contribution is -2.39. The van der Waals surface area contributed by atoms with Crippen LogP contribution in [0.2, 0.25) is 0 Å². The minimum Gasteiger partial charge on any atom is -0.489 e. The smallest absolute Gasteiger partial charge is 0.315 e. The number of hydrogen-bond acceptors (Lipinski definition) is 3. The number of rotatable bonds is 8. The maximum atomic E-state index is 12.0. The number of hydrogen-bond donors (Lipinski definition) is 3. The van der Waals surface area contributed by atoms with Gasteiger partial charge in [0.2, 0.25) is 0 Å². The van der Waals surface area contributed by atoms with E-state index in [1.807, 2.05) is 54.6 Å². The summed E-state index contributed by atoms with van der Waals surface area (Å²) in [6, 6.07) is 17.4. The van der Waals surface area contributed by atoms with Gasteiger partial charge in [-0.05, 0) is 24.5 Å². The molecule has 0 saturated heterocycles. The van der Waals surface area contributed by atoms with Crippen molar-refractivity contribution in [3.8, 4) is 5.75 Å². The normalized spacial score (nSPS) is 14.6. The molecule has 0 spiro atoms. The zero-order valence-electron chi connectivity index (χ0n) is 14.2. The molecule has 0 unspecified atom stereocenters. The molecule has 1 saturated carbocycles. The molecule has 132 valence electrons.